The van der Waals surface area contributed by atoms with Gasteiger partial charge < -0.3 is 20.3 Å². The van der Waals surface area contributed by atoms with Gasteiger partial charge in [0, 0.05) is 18.6 Å². The van der Waals surface area contributed by atoms with Gasteiger partial charge in [-0.15, -0.1) is 0 Å². The first-order chi connectivity index (χ1) is 7.63. The number of aliphatic hydroxyl groups excluding tert-OH is 1. The van der Waals surface area contributed by atoms with Crippen LogP contribution in [0.1, 0.15) is 26.7 Å². The van der Waals surface area contributed by atoms with Crippen LogP contribution in [0.25, 0.3) is 0 Å². The zero-order valence-corrected chi connectivity index (χ0v) is 10.4. The Bertz CT molecular complexity index is 181. The molecular weight excluding hydrogens is 206 g/mol. The average Bonchev–Trinajstić information content (AvgIpc) is 2.70. The van der Waals surface area contributed by atoms with E-state index in [9.17, 15) is 5.11 Å². The summed E-state index contributed by atoms with van der Waals surface area (Å²) >= 11 is 0. The maximum Gasteiger partial charge on any atom is 0.0956 e. The smallest absolute Gasteiger partial charge is 0.0956 e. The van der Waals surface area contributed by atoms with Crippen molar-refractivity contribution in [1.29, 1.82) is 0 Å². The molecule has 1 rings (SSSR count). The minimum absolute atomic E-state index is 0.00145. The summed E-state index contributed by atoms with van der Waals surface area (Å²) in [6.07, 6.45) is 1.70. The second-order valence-corrected chi connectivity index (χ2v) is 5.08. The Balaban J connectivity index is 2.24. The van der Waals surface area contributed by atoms with Crippen LogP contribution in [0.3, 0.4) is 0 Å². The molecule has 96 valence electrons. The van der Waals surface area contributed by atoms with E-state index in [0.29, 0.717) is 18.4 Å². The number of hydrogen-bond acceptors (Lipinski definition) is 4. The molecule has 1 aliphatic heterocycles. The molecule has 3 atom stereocenters. The first-order valence-corrected chi connectivity index (χ1v) is 6.19. The van der Waals surface area contributed by atoms with E-state index in [1.54, 1.807) is 0 Å². The van der Waals surface area contributed by atoms with Gasteiger partial charge in [-0.1, -0.05) is 13.8 Å². The van der Waals surface area contributed by atoms with Crippen molar-refractivity contribution >= 4 is 0 Å². The highest BCUT2D eigenvalue weighted by Crippen LogP contribution is 2.15. The third kappa shape index (κ3) is 4.78. The van der Waals surface area contributed by atoms with Gasteiger partial charge in [-0.3, -0.25) is 0 Å². The SMILES string of the molecule is CC(C)CC(N)C(CO)OCC1CCOC1. The first-order valence-electron chi connectivity index (χ1n) is 6.19. The molecule has 3 unspecified atom stereocenters. The lowest BCUT2D eigenvalue weighted by Crippen LogP contribution is -2.41. The van der Waals surface area contributed by atoms with Crippen LogP contribution < -0.4 is 5.73 Å². The van der Waals surface area contributed by atoms with Crippen LogP contribution in [-0.2, 0) is 9.47 Å². The molecule has 4 heteroatoms. The second-order valence-electron chi connectivity index (χ2n) is 5.08. The van der Waals surface area contributed by atoms with Crippen molar-refractivity contribution in [2.45, 2.75) is 38.8 Å². The third-order valence-electron chi connectivity index (χ3n) is 2.97. The van der Waals surface area contributed by atoms with Gasteiger partial charge >= 0.3 is 0 Å². The van der Waals surface area contributed by atoms with E-state index in [2.05, 4.69) is 13.8 Å². The van der Waals surface area contributed by atoms with E-state index in [1.807, 2.05) is 0 Å². The normalized spacial score (nSPS) is 24.9. The molecule has 1 saturated heterocycles. The van der Waals surface area contributed by atoms with Gasteiger partial charge in [-0.25, -0.2) is 0 Å². The Labute approximate surface area is 98.1 Å². The van der Waals surface area contributed by atoms with Gasteiger partial charge in [0.1, 0.15) is 0 Å². The molecule has 1 heterocycles. The van der Waals surface area contributed by atoms with Crippen molar-refractivity contribution in [3.8, 4) is 0 Å². The molecule has 0 aromatic rings. The molecule has 16 heavy (non-hydrogen) atoms. The summed E-state index contributed by atoms with van der Waals surface area (Å²) in [5.41, 5.74) is 6.00. The summed E-state index contributed by atoms with van der Waals surface area (Å²) in [7, 11) is 0. The van der Waals surface area contributed by atoms with E-state index < -0.39 is 0 Å². The number of ether oxygens (including phenoxy) is 2. The van der Waals surface area contributed by atoms with Gasteiger partial charge in [0.2, 0.25) is 0 Å². The maximum absolute atomic E-state index is 9.25. The minimum atomic E-state index is -0.233. The van der Waals surface area contributed by atoms with Crippen molar-refractivity contribution in [3.63, 3.8) is 0 Å². The van der Waals surface area contributed by atoms with E-state index in [0.717, 1.165) is 26.1 Å². The number of hydrogen-bond donors (Lipinski definition) is 2. The van der Waals surface area contributed by atoms with Crippen LogP contribution in [0, 0.1) is 11.8 Å². The van der Waals surface area contributed by atoms with Crippen LogP contribution in [0.4, 0.5) is 0 Å². The van der Waals surface area contributed by atoms with Crippen molar-refractivity contribution < 1.29 is 14.6 Å². The lowest BCUT2D eigenvalue weighted by Gasteiger charge is -2.24. The quantitative estimate of drug-likeness (QED) is 0.679. The third-order valence-corrected chi connectivity index (χ3v) is 2.97. The molecule has 4 nitrogen and oxygen atoms in total. The predicted octanol–water partition coefficient (Wildman–Crippen LogP) is 0.774. The number of rotatable bonds is 7. The largest absolute Gasteiger partial charge is 0.394 e. The molecule has 0 spiro atoms. The summed E-state index contributed by atoms with van der Waals surface area (Å²) in [5, 5.41) is 9.25. The monoisotopic (exact) mass is 231 g/mol. The molecule has 1 aliphatic rings. The molecule has 3 N–H and O–H groups in total. The molecule has 0 amide bonds. The topological polar surface area (TPSA) is 64.7 Å². The molecule has 0 saturated carbocycles. The van der Waals surface area contributed by atoms with Crippen LogP contribution in [-0.4, -0.2) is 43.7 Å². The molecule has 0 aliphatic carbocycles. The summed E-state index contributed by atoms with van der Waals surface area (Å²) < 4.78 is 11.0. The van der Waals surface area contributed by atoms with Crippen LogP contribution >= 0.6 is 0 Å². The zero-order valence-electron chi connectivity index (χ0n) is 10.4. The van der Waals surface area contributed by atoms with Gasteiger partial charge in [0.15, 0.2) is 0 Å². The minimum Gasteiger partial charge on any atom is -0.394 e. The lowest BCUT2D eigenvalue weighted by molar-refractivity contribution is -0.0225. The zero-order chi connectivity index (χ0) is 12.0. The molecule has 0 aromatic heterocycles. The van der Waals surface area contributed by atoms with E-state index in [-0.39, 0.29) is 18.8 Å². The fourth-order valence-electron chi connectivity index (χ4n) is 1.98. The highest BCUT2D eigenvalue weighted by molar-refractivity contribution is 4.75. The Morgan fingerprint density at radius 3 is 2.75 bits per heavy atom. The highest BCUT2D eigenvalue weighted by atomic mass is 16.5. The van der Waals surface area contributed by atoms with Crippen molar-refractivity contribution in [1.82, 2.24) is 0 Å². The molecule has 0 radical (unpaired) electrons. The van der Waals surface area contributed by atoms with E-state index >= 15 is 0 Å². The predicted molar refractivity (Wildman–Crippen MR) is 63.2 cm³/mol. The summed E-state index contributed by atoms with van der Waals surface area (Å²) in [6.45, 7) is 6.50. The summed E-state index contributed by atoms with van der Waals surface area (Å²) in [6, 6.07) is -0.0766. The number of aliphatic hydroxyl groups is 1. The summed E-state index contributed by atoms with van der Waals surface area (Å²) in [5.74, 6) is 1.00. The van der Waals surface area contributed by atoms with Gasteiger partial charge in [-0.2, -0.15) is 0 Å². The van der Waals surface area contributed by atoms with Crippen molar-refractivity contribution in [2.75, 3.05) is 26.4 Å². The van der Waals surface area contributed by atoms with Gasteiger partial charge in [-0.05, 0) is 18.8 Å². The fourth-order valence-corrected chi connectivity index (χ4v) is 1.98. The number of nitrogens with two attached hydrogens (primary N) is 1. The Morgan fingerprint density at radius 1 is 1.50 bits per heavy atom. The van der Waals surface area contributed by atoms with E-state index in [4.69, 9.17) is 15.2 Å². The Kier molecular flexibility index (Phi) is 6.28. The summed E-state index contributed by atoms with van der Waals surface area (Å²) in [4.78, 5) is 0. The first kappa shape index (κ1) is 13.9. The molecule has 0 bridgehead atoms. The standard InChI is InChI=1S/C12H25NO3/c1-9(2)5-11(13)12(6-14)16-8-10-3-4-15-7-10/h9-12,14H,3-8,13H2,1-2H3. The molecular formula is C12H25NO3. The van der Waals surface area contributed by atoms with Crippen LogP contribution in [0.5, 0.6) is 0 Å². The second kappa shape index (κ2) is 7.22. The van der Waals surface area contributed by atoms with Gasteiger partial charge in [0.05, 0.1) is 25.9 Å². The highest BCUT2D eigenvalue weighted by Gasteiger charge is 2.22. The Morgan fingerprint density at radius 2 is 2.25 bits per heavy atom. The van der Waals surface area contributed by atoms with Crippen LogP contribution in [0.15, 0.2) is 0 Å². The molecule has 0 aromatic carbocycles. The fraction of sp³-hybridized carbons (Fsp3) is 1.00. The van der Waals surface area contributed by atoms with Crippen molar-refractivity contribution in [2.24, 2.45) is 17.6 Å². The molecule has 1 fully saturated rings. The average molecular weight is 231 g/mol. The Hall–Kier alpha value is -0.160. The van der Waals surface area contributed by atoms with Crippen molar-refractivity contribution in [3.05, 3.63) is 0 Å². The van der Waals surface area contributed by atoms with Crippen LogP contribution in [0.2, 0.25) is 0 Å². The van der Waals surface area contributed by atoms with E-state index in [1.165, 1.54) is 0 Å². The maximum atomic E-state index is 9.25. The van der Waals surface area contributed by atoms with Gasteiger partial charge in [0.25, 0.3) is 0 Å². The lowest BCUT2D eigenvalue weighted by atomic mass is 10.00.